The number of nitrogens with one attached hydrogen (secondary N) is 3. The maximum absolute atomic E-state index is 12.1. The van der Waals surface area contributed by atoms with E-state index in [1.165, 1.54) is 0 Å². The first kappa shape index (κ1) is 20.8. The molecule has 0 aliphatic heterocycles. The highest BCUT2D eigenvalue weighted by Gasteiger charge is 2.09. The van der Waals surface area contributed by atoms with E-state index in [0.717, 1.165) is 6.42 Å². The fourth-order valence-corrected chi connectivity index (χ4v) is 2.50. The molecule has 3 N–H and O–H groups in total. The molecule has 0 unspecified atom stereocenters. The SMILES string of the molecule is COCCCNC(=O)c1ccc(NC(=S)NC(=O)c2ccc(Cl)cc2)cc1. The van der Waals surface area contributed by atoms with Crippen LogP contribution in [0.5, 0.6) is 0 Å². The summed E-state index contributed by atoms with van der Waals surface area (Å²) in [4.78, 5) is 24.1. The Hall–Kier alpha value is -2.48. The highest BCUT2D eigenvalue weighted by molar-refractivity contribution is 7.80. The Bertz CT molecular complexity index is 795. The molecule has 27 heavy (non-hydrogen) atoms. The number of thiocarbonyl (C=S) groups is 1. The summed E-state index contributed by atoms with van der Waals surface area (Å²) in [5, 5.41) is 9.01. The van der Waals surface area contributed by atoms with Crippen LogP contribution in [0.4, 0.5) is 5.69 Å². The van der Waals surface area contributed by atoms with Gasteiger partial charge >= 0.3 is 0 Å². The van der Waals surface area contributed by atoms with Gasteiger partial charge in [-0.05, 0) is 67.2 Å². The topological polar surface area (TPSA) is 79.5 Å². The summed E-state index contributed by atoms with van der Waals surface area (Å²) in [6, 6.07) is 13.3. The van der Waals surface area contributed by atoms with E-state index in [1.54, 1.807) is 55.6 Å². The van der Waals surface area contributed by atoms with Gasteiger partial charge < -0.3 is 15.4 Å². The van der Waals surface area contributed by atoms with E-state index in [-0.39, 0.29) is 16.9 Å². The molecule has 2 aromatic rings. The van der Waals surface area contributed by atoms with Crippen molar-refractivity contribution in [3.63, 3.8) is 0 Å². The van der Waals surface area contributed by atoms with Crippen LogP contribution < -0.4 is 16.0 Å². The van der Waals surface area contributed by atoms with Gasteiger partial charge in [0.05, 0.1) is 0 Å². The largest absolute Gasteiger partial charge is 0.385 e. The molecule has 0 fully saturated rings. The number of amides is 2. The second kappa shape index (κ2) is 10.6. The number of methoxy groups -OCH3 is 1. The smallest absolute Gasteiger partial charge is 0.257 e. The Balaban J connectivity index is 1.84. The highest BCUT2D eigenvalue weighted by Crippen LogP contribution is 2.11. The number of rotatable bonds is 7. The van der Waals surface area contributed by atoms with Crippen LogP contribution in [-0.4, -0.2) is 37.2 Å². The Morgan fingerprint density at radius 1 is 1.00 bits per heavy atom. The van der Waals surface area contributed by atoms with E-state index < -0.39 is 0 Å². The van der Waals surface area contributed by atoms with Crippen molar-refractivity contribution in [1.82, 2.24) is 10.6 Å². The second-order valence-corrected chi connectivity index (χ2v) is 6.44. The van der Waals surface area contributed by atoms with E-state index in [9.17, 15) is 9.59 Å². The number of anilines is 1. The first-order valence-corrected chi connectivity index (χ1v) is 9.03. The minimum Gasteiger partial charge on any atom is -0.385 e. The lowest BCUT2D eigenvalue weighted by atomic mass is 10.2. The predicted molar refractivity (Wildman–Crippen MR) is 110 cm³/mol. The fraction of sp³-hybridized carbons (Fsp3) is 0.211. The molecule has 8 heteroatoms. The normalized spacial score (nSPS) is 10.1. The fourth-order valence-electron chi connectivity index (χ4n) is 2.16. The van der Waals surface area contributed by atoms with Gasteiger partial charge in [-0.15, -0.1) is 0 Å². The summed E-state index contributed by atoms with van der Waals surface area (Å²) < 4.78 is 4.94. The zero-order chi connectivity index (χ0) is 19.6. The lowest BCUT2D eigenvalue weighted by Gasteiger charge is -2.10. The van der Waals surface area contributed by atoms with Gasteiger partial charge in [-0.3, -0.25) is 14.9 Å². The van der Waals surface area contributed by atoms with Crippen LogP contribution in [0.2, 0.25) is 5.02 Å². The number of carbonyl (C=O) groups excluding carboxylic acids is 2. The number of halogens is 1. The second-order valence-electron chi connectivity index (χ2n) is 5.59. The number of carbonyl (C=O) groups is 2. The minimum atomic E-state index is -0.337. The Labute approximate surface area is 168 Å². The summed E-state index contributed by atoms with van der Waals surface area (Å²) >= 11 is 10.9. The number of benzene rings is 2. The van der Waals surface area contributed by atoms with E-state index >= 15 is 0 Å². The number of hydrogen-bond acceptors (Lipinski definition) is 4. The molecule has 0 saturated heterocycles. The molecular formula is C19H20ClN3O3S. The third-order valence-electron chi connectivity index (χ3n) is 3.55. The standard InChI is InChI=1S/C19H20ClN3O3S/c1-26-12-2-11-21-17(24)13-5-9-16(10-6-13)22-19(27)23-18(25)14-3-7-15(20)8-4-14/h3-10H,2,11-12H2,1H3,(H,21,24)(H2,22,23,25,27). The molecule has 6 nitrogen and oxygen atoms in total. The van der Waals surface area contributed by atoms with Crippen molar-refractivity contribution < 1.29 is 14.3 Å². The van der Waals surface area contributed by atoms with E-state index in [0.29, 0.717) is 35.0 Å². The molecular weight excluding hydrogens is 386 g/mol. The molecule has 2 aromatic carbocycles. The zero-order valence-corrected chi connectivity index (χ0v) is 16.3. The molecule has 0 radical (unpaired) electrons. The van der Waals surface area contributed by atoms with E-state index in [4.69, 9.17) is 28.6 Å². The lowest BCUT2D eigenvalue weighted by molar-refractivity contribution is 0.0946. The van der Waals surface area contributed by atoms with Crippen LogP contribution in [0.15, 0.2) is 48.5 Å². The van der Waals surface area contributed by atoms with Gasteiger partial charge in [0.1, 0.15) is 0 Å². The maximum atomic E-state index is 12.1. The quantitative estimate of drug-likeness (QED) is 0.487. The molecule has 0 saturated carbocycles. The van der Waals surface area contributed by atoms with Crippen LogP contribution in [-0.2, 0) is 4.74 Å². The average Bonchev–Trinajstić information content (AvgIpc) is 2.66. The molecule has 0 atom stereocenters. The molecule has 0 heterocycles. The van der Waals surface area contributed by atoms with Crippen LogP contribution in [0.25, 0.3) is 0 Å². The van der Waals surface area contributed by atoms with Crippen LogP contribution in [0, 0.1) is 0 Å². The Morgan fingerprint density at radius 2 is 1.59 bits per heavy atom. The summed E-state index contributed by atoms with van der Waals surface area (Å²) in [7, 11) is 1.62. The van der Waals surface area contributed by atoms with Gasteiger partial charge in [-0.1, -0.05) is 11.6 Å². The number of ether oxygens (including phenoxy) is 1. The summed E-state index contributed by atoms with van der Waals surface area (Å²) in [5.74, 6) is -0.493. The highest BCUT2D eigenvalue weighted by atomic mass is 35.5. The molecule has 0 spiro atoms. The van der Waals surface area contributed by atoms with Crippen molar-refractivity contribution in [3.05, 3.63) is 64.7 Å². The maximum Gasteiger partial charge on any atom is 0.257 e. The Morgan fingerprint density at radius 3 is 2.22 bits per heavy atom. The molecule has 142 valence electrons. The lowest BCUT2D eigenvalue weighted by Crippen LogP contribution is -2.34. The van der Waals surface area contributed by atoms with E-state index in [1.807, 2.05) is 0 Å². The van der Waals surface area contributed by atoms with Gasteiger partial charge in [-0.25, -0.2) is 0 Å². The third kappa shape index (κ3) is 6.97. The molecule has 0 aliphatic rings. The summed E-state index contributed by atoms with van der Waals surface area (Å²) in [5.41, 5.74) is 1.64. The van der Waals surface area contributed by atoms with Gasteiger partial charge in [0.2, 0.25) is 0 Å². The molecule has 2 rings (SSSR count). The number of hydrogen-bond donors (Lipinski definition) is 3. The minimum absolute atomic E-state index is 0.156. The first-order valence-electron chi connectivity index (χ1n) is 8.24. The van der Waals surface area contributed by atoms with E-state index in [2.05, 4.69) is 16.0 Å². The van der Waals surface area contributed by atoms with Gasteiger partial charge in [0, 0.05) is 42.1 Å². The van der Waals surface area contributed by atoms with Crippen LogP contribution in [0.1, 0.15) is 27.1 Å². The van der Waals surface area contributed by atoms with Crippen molar-refractivity contribution >= 4 is 46.4 Å². The molecule has 0 aliphatic carbocycles. The third-order valence-corrected chi connectivity index (χ3v) is 4.01. The summed E-state index contributed by atoms with van der Waals surface area (Å²) in [6.07, 6.45) is 0.753. The monoisotopic (exact) mass is 405 g/mol. The predicted octanol–water partition coefficient (Wildman–Crippen LogP) is 3.23. The van der Waals surface area contributed by atoms with Crippen LogP contribution >= 0.6 is 23.8 Å². The zero-order valence-electron chi connectivity index (χ0n) is 14.8. The van der Waals surface area contributed by atoms with Gasteiger partial charge in [0.15, 0.2) is 5.11 Å². The van der Waals surface area contributed by atoms with Crippen molar-refractivity contribution in [1.29, 1.82) is 0 Å². The molecule has 2 amide bonds. The van der Waals surface area contributed by atoms with Crippen molar-refractivity contribution in [2.45, 2.75) is 6.42 Å². The van der Waals surface area contributed by atoms with Crippen LogP contribution in [0.3, 0.4) is 0 Å². The van der Waals surface area contributed by atoms with Gasteiger partial charge in [0.25, 0.3) is 11.8 Å². The first-order chi connectivity index (χ1) is 13.0. The average molecular weight is 406 g/mol. The van der Waals surface area contributed by atoms with Crippen molar-refractivity contribution in [2.75, 3.05) is 25.6 Å². The van der Waals surface area contributed by atoms with Crippen molar-refractivity contribution in [3.8, 4) is 0 Å². The Kier molecular flexibility index (Phi) is 8.19. The van der Waals surface area contributed by atoms with Gasteiger partial charge in [-0.2, -0.15) is 0 Å². The summed E-state index contributed by atoms with van der Waals surface area (Å²) in [6.45, 7) is 1.15. The molecule has 0 aromatic heterocycles. The van der Waals surface area contributed by atoms with Crippen molar-refractivity contribution in [2.24, 2.45) is 0 Å². The molecule has 0 bridgehead atoms.